The molecule has 0 radical (unpaired) electrons. The van der Waals surface area contributed by atoms with Gasteiger partial charge >= 0.3 is 0 Å². The molecule has 0 amide bonds. The zero-order valence-electron chi connectivity index (χ0n) is 12.2. The van der Waals surface area contributed by atoms with Gasteiger partial charge in [-0.3, -0.25) is 0 Å². The van der Waals surface area contributed by atoms with Gasteiger partial charge in [0.2, 0.25) is 0 Å². The summed E-state index contributed by atoms with van der Waals surface area (Å²) in [5, 5.41) is -0.141. The van der Waals surface area contributed by atoms with Gasteiger partial charge < -0.3 is 4.57 Å². The van der Waals surface area contributed by atoms with Crippen LogP contribution in [0.2, 0.25) is 0 Å². The molecule has 0 aliphatic carbocycles. The summed E-state index contributed by atoms with van der Waals surface area (Å²) >= 11 is 6.32. The molecule has 0 bridgehead atoms. The maximum absolute atomic E-state index is 6.32. The minimum atomic E-state index is -0.141. The van der Waals surface area contributed by atoms with Crippen molar-refractivity contribution in [3.8, 4) is 0 Å². The molecule has 0 saturated heterocycles. The monoisotopic (exact) mass is 299 g/mol. The van der Waals surface area contributed by atoms with Crippen molar-refractivity contribution >= 4 is 22.8 Å². The van der Waals surface area contributed by atoms with Gasteiger partial charge in [-0.1, -0.05) is 30.3 Å². The lowest BCUT2D eigenvalue weighted by Gasteiger charge is -2.18. The van der Waals surface area contributed by atoms with E-state index in [0.717, 1.165) is 23.4 Å². The molecule has 2 unspecified atom stereocenters. The zero-order valence-corrected chi connectivity index (χ0v) is 13.0. The summed E-state index contributed by atoms with van der Waals surface area (Å²) in [7, 11) is 0. The highest BCUT2D eigenvalue weighted by Crippen LogP contribution is 2.28. The molecule has 2 heterocycles. The molecule has 0 saturated carbocycles. The third-order valence-electron chi connectivity index (χ3n) is 3.65. The van der Waals surface area contributed by atoms with Gasteiger partial charge in [-0.15, -0.1) is 11.6 Å². The number of alkyl halides is 1. The topological polar surface area (TPSA) is 30.7 Å². The fraction of sp³-hybridized carbons (Fsp3) is 0.294. The van der Waals surface area contributed by atoms with Gasteiger partial charge in [0.05, 0.1) is 5.38 Å². The van der Waals surface area contributed by atoms with E-state index >= 15 is 0 Å². The van der Waals surface area contributed by atoms with Gasteiger partial charge in [0.1, 0.15) is 11.3 Å². The molecular weight excluding hydrogens is 282 g/mol. The Kier molecular flexibility index (Phi) is 3.93. The van der Waals surface area contributed by atoms with Crippen molar-refractivity contribution in [2.45, 2.75) is 31.7 Å². The van der Waals surface area contributed by atoms with Crippen LogP contribution in [0.3, 0.4) is 0 Å². The minimum Gasteiger partial charge on any atom is -0.308 e. The highest BCUT2D eigenvalue weighted by Gasteiger charge is 2.19. The van der Waals surface area contributed by atoms with Gasteiger partial charge in [0, 0.05) is 12.2 Å². The van der Waals surface area contributed by atoms with Crippen LogP contribution < -0.4 is 0 Å². The van der Waals surface area contributed by atoms with Gasteiger partial charge in [-0.2, -0.15) is 0 Å². The first-order valence-corrected chi connectivity index (χ1v) is 7.61. The predicted octanol–water partition coefficient (Wildman–Crippen LogP) is 4.53. The van der Waals surface area contributed by atoms with Crippen LogP contribution >= 0.6 is 11.6 Å². The number of aromatic nitrogens is 3. The molecule has 0 fully saturated rings. The molecule has 0 aliphatic rings. The van der Waals surface area contributed by atoms with E-state index in [-0.39, 0.29) is 11.4 Å². The van der Waals surface area contributed by atoms with Gasteiger partial charge in [0.25, 0.3) is 0 Å². The lowest BCUT2D eigenvalue weighted by molar-refractivity contribution is 0.531. The van der Waals surface area contributed by atoms with Crippen molar-refractivity contribution in [3.05, 3.63) is 60.0 Å². The molecule has 1 aromatic carbocycles. The molecule has 108 valence electrons. The van der Waals surface area contributed by atoms with Gasteiger partial charge in [-0.05, 0) is 38.0 Å². The average Bonchev–Trinajstić information content (AvgIpc) is 2.88. The third-order valence-corrected chi connectivity index (χ3v) is 3.84. The number of hydrogen-bond donors (Lipinski definition) is 0. The Labute approximate surface area is 129 Å². The van der Waals surface area contributed by atoms with E-state index in [1.807, 2.05) is 25.1 Å². The standard InChI is InChI=1S/C17H18ClN3/c1-12(11-14-7-4-3-5-8-14)21-16(13(2)18)20-15-9-6-10-19-17(15)21/h3-10,12-13H,11H2,1-2H3. The highest BCUT2D eigenvalue weighted by molar-refractivity contribution is 6.20. The van der Waals surface area contributed by atoms with Gasteiger partial charge in [-0.25, -0.2) is 9.97 Å². The number of hydrogen-bond acceptors (Lipinski definition) is 2. The van der Waals surface area contributed by atoms with E-state index in [0.29, 0.717) is 0 Å². The number of nitrogens with zero attached hydrogens (tertiary/aromatic N) is 3. The fourth-order valence-electron chi connectivity index (χ4n) is 2.71. The van der Waals surface area contributed by atoms with Crippen molar-refractivity contribution < 1.29 is 0 Å². The number of rotatable bonds is 4. The van der Waals surface area contributed by atoms with Crippen molar-refractivity contribution in [3.63, 3.8) is 0 Å². The molecule has 4 heteroatoms. The van der Waals surface area contributed by atoms with Crippen LogP contribution in [-0.2, 0) is 6.42 Å². The van der Waals surface area contributed by atoms with E-state index in [4.69, 9.17) is 11.6 Å². The number of benzene rings is 1. The van der Waals surface area contributed by atoms with Gasteiger partial charge in [0.15, 0.2) is 5.65 Å². The van der Waals surface area contributed by atoms with Crippen LogP contribution in [0, 0.1) is 0 Å². The second-order valence-electron chi connectivity index (χ2n) is 5.34. The zero-order chi connectivity index (χ0) is 14.8. The van der Waals surface area contributed by atoms with Crippen molar-refractivity contribution in [2.75, 3.05) is 0 Å². The Morgan fingerprint density at radius 1 is 1.10 bits per heavy atom. The first-order valence-electron chi connectivity index (χ1n) is 7.17. The van der Waals surface area contributed by atoms with E-state index in [9.17, 15) is 0 Å². The third kappa shape index (κ3) is 2.79. The maximum atomic E-state index is 6.32. The molecule has 3 nitrogen and oxygen atoms in total. The largest absolute Gasteiger partial charge is 0.308 e. The van der Waals surface area contributed by atoms with Crippen molar-refractivity contribution in [1.29, 1.82) is 0 Å². The number of imidazole rings is 1. The summed E-state index contributed by atoms with van der Waals surface area (Å²) in [6.07, 6.45) is 2.73. The Morgan fingerprint density at radius 3 is 2.57 bits per heavy atom. The summed E-state index contributed by atoms with van der Waals surface area (Å²) in [5.41, 5.74) is 3.11. The highest BCUT2D eigenvalue weighted by atomic mass is 35.5. The molecule has 2 aromatic heterocycles. The Balaban J connectivity index is 2.03. The van der Waals surface area contributed by atoms with Crippen LogP contribution in [0.1, 0.15) is 36.7 Å². The summed E-state index contributed by atoms with van der Waals surface area (Å²) < 4.78 is 2.17. The van der Waals surface area contributed by atoms with E-state index < -0.39 is 0 Å². The van der Waals surface area contributed by atoms with Crippen LogP contribution in [0.15, 0.2) is 48.7 Å². The summed E-state index contributed by atoms with van der Waals surface area (Å²) in [5.74, 6) is 0.883. The molecule has 0 aliphatic heterocycles. The molecule has 21 heavy (non-hydrogen) atoms. The average molecular weight is 300 g/mol. The second kappa shape index (κ2) is 5.86. The van der Waals surface area contributed by atoms with Crippen LogP contribution in [0.25, 0.3) is 11.2 Å². The SMILES string of the molecule is CC(Cl)c1nc2cccnc2n1C(C)Cc1ccccc1. The van der Waals surface area contributed by atoms with Crippen molar-refractivity contribution in [2.24, 2.45) is 0 Å². The second-order valence-corrected chi connectivity index (χ2v) is 6.00. The Hall–Kier alpha value is -1.87. The summed E-state index contributed by atoms with van der Waals surface area (Å²) in [6.45, 7) is 4.14. The fourth-order valence-corrected chi connectivity index (χ4v) is 2.86. The quantitative estimate of drug-likeness (QED) is 0.662. The molecular formula is C17H18ClN3. The molecule has 2 atom stereocenters. The smallest absolute Gasteiger partial charge is 0.160 e. The normalized spacial score (nSPS) is 14.2. The van der Waals surface area contributed by atoms with E-state index in [2.05, 4.69) is 45.7 Å². The Bertz CT molecular complexity index is 734. The first kappa shape index (κ1) is 14.1. The van der Waals surface area contributed by atoms with Crippen LogP contribution in [-0.4, -0.2) is 14.5 Å². The molecule has 3 aromatic rings. The van der Waals surface area contributed by atoms with Crippen molar-refractivity contribution in [1.82, 2.24) is 14.5 Å². The Morgan fingerprint density at radius 2 is 1.86 bits per heavy atom. The lowest BCUT2D eigenvalue weighted by atomic mass is 10.1. The van der Waals surface area contributed by atoms with E-state index in [1.54, 1.807) is 6.20 Å². The summed E-state index contributed by atoms with van der Waals surface area (Å²) in [4.78, 5) is 9.13. The number of halogens is 1. The molecule has 0 spiro atoms. The molecule has 0 N–H and O–H groups in total. The number of pyridine rings is 1. The van der Waals surface area contributed by atoms with E-state index in [1.165, 1.54) is 5.56 Å². The first-order chi connectivity index (χ1) is 10.2. The van der Waals surface area contributed by atoms with Crippen LogP contribution in [0.5, 0.6) is 0 Å². The lowest BCUT2D eigenvalue weighted by Crippen LogP contribution is -2.13. The molecule has 3 rings (SSSR count). The minimum absolute atomic E-state index is 0.141. The predicted molar refractivity (Wildman–Crippen MR) is 86.7 cm³/mol. The maximum Gasteiger partial charge on any atom is 0.160 e. The summed E-state index contributed by atoms with van der Waals surface area (Å²) in [6, 6.07) is 14.6. The number of fused-ring (bicyclic) bond motifs is 1. The van der Waals surface area contributed by atoms with Crippen LogP contribution in [0.4, 0.5) is 0 Å².